The molecule has 0 aromatic heterocycles. The van der Waals surface area contributed by atoms with Gasteiger partial charge >= 0.3 is 5.97 Å². The van der Waals surface area contributed by atoms with Crippen LogP contribution in [0.4, 0.5) is 0 Å². The highest BCUT2D eigenvalue weighted by Gasteiger charge is 2.27. The number of halogens is 1. The molecule has 5 heteroatoms. The number of esters is 1. The highest BCUT2D eigenvalue weighted by atomic mass is 35.5. The Hall–Kier alpha value is -0.710. The van der Waals surface area contributed by atoms with E-state index in [9.17, 15) is 4.79 Å². The van der Waals surface area contributed by atoms with Crippen LogP contribution in [0.5, 0.6) is 0 Å². The van der Waals surface area contributed by atoms with E-state index in [1.54, 1.807) is 11.8 Å². The number of methoxy groups -OCH3 is 1. The molecule has 1 heterocycles. The lowest BCUT2D eigenvalue weighted by Crippen LogP contribution is -2.22. The number of benzene rings is 1. The summed E-state index contributed by atoms with van der Waals surface area (Å²) in [6.07, 6.45) is 4.79. The van der Waals surface area contributed by atoms with Gasteiger partial charge in [-0.2, -0.15) is 0 Å². The zero-order valence-electron chi connectivity index (χ0n) is 12.4. The summed E-state index contributed by atoms with van der Waals surface area (Å²) in [5, 5.41) is 0.695. The summed E-state index contributed by atoms with van der Waals surface area (Å²) in [7, 11) is 1.44. The van der Waals surface area contributed by atoms with Crippen LogP contribution in [0.1, 0.15) is 30.7 Å². The van der Waals surface area contributed by atoms with E-state index in [0.717, 1.165) is 42.9 Å². The summed E-state index contributed by atoms with van der Waals surface area (Å²) in [5.41, 5.74) is 0.941. The first-order chi connectivity index (χ1) is 10.2. The fourth-order valence-corrected chi connectivity index (χ4v) is 3.60. The monoisotopic (exact) mass is 328 g/mol. The van der Waals surface area contributed by atoms with Crippen LogP contribution in [0.3, 0.4) is 0 Å². The lowest BCUT2D eigenvalue weighted by atomic mass is 9.85. The van der Waals surface area contributed by atoms with Crippen molar-refractivity contribution in [3.8, 4) is 0 Å². The highest BCUT2D eigenvalue weighted by Crippen LogP contribution is 2.34. The molecule has 3 nitrogen and oxygen atoms in total. The van der Waals surface area contributed by atoms with Gasteiger partial charge in [-0.05, 0) is 49.1 Å². The average Bonchev–Trinajstić information content (AvgIpc) is 2.53. The Morgan fingerprint density at radius 1 is 1.48 bits per heavy atom. The zero-order valence-corrected chi connectivity index (χ0v) is 14.0. The van der Waals surface area contributed by atoms with Gasteiger partial charge in [-0.1, -0.05) is 17.7 Å². The normalized spacial score (nSPS) is 17.5. The van der Waals surface area contributed by atoms with Crippen molar-refractivity contribution in [3.05, 3.63) is 28.8 Å². The van der Waals surface area contributed by atoms with E-state index in [2.05, 4.69) is 0 Å². The van der Waals surface area contributed by atoms with Gasteiger partial charge in [0.15, 0.2) is 0 Å². The van der Waals surface area contributed by atoms with Crippen molar-refractivity contribution < 1.29 is 14.3 Å². The van der Waals surface area contributed by atoms with Crippen molar-refractivity contribution in [2.24, 2.45) is 5.92 Å². The number of carbonyl (C=O) groups excluding carboxylic acids is 1. The Balaban J connectivity index is 2.18. The van der Waals surface area contributed by atoms with Crippen molar-refractivity contribution in [1.82, 2.24) is 0 Å². The van der Waals surface area contributed by atoms with Crippen molar-refractivity contribution in [3.63, 3.8) is 0 Å². The maximum atomic E-state index is 12.2. The summed E-state index contributed by atoms with van der Waals surface area (Å²) in [6, 6.07) is 5.86. The van der Waals surface area contributed by atoms with Crippen molar-refractivity contribution in [2.45, 2.75) is 30.1 Å². The fourth-order valence-electron chi connectivity index (χ4n) is 2.73. The molecule has 1 unspecified atom stereocenters. The van der Waals surface area contributed by atoms with E-state index in [0.29, 0.717) is 10.9 Å². The van der Waals surface area contributed by atoms with Gasteiger partial charge in [0.05, 0.1) is 18.1 Å². The molecule has 1 aromatic rings. The van der Waals surface area contributed by atoms with Crippen LogP contribution in [-0.4, -0.2) is 32.5 Å². The zero-order chi connectivity index (χ0) is 15.2. The second-order valence-corrected chi connectivity index (χ2v) is 6.52. The predicted molar refractivity (Wildman–Crippen MR) is 86.2 cm³/mol. The van der Waals surface area contributed by atoms with Gasteiger partial charge in [0.2, 0.25) is 0 Å². The number of rotatable bonds is 5. The van der Waals surface area contributed by atoms with Gasteiger partial charge in [-0.25, -0.2) is 0 Å². The second kappa shape index (κ2) is 8.06. The van der Waals surface area contributed by atoms with Crippen LogP contribution in [-0.2, 0) is 14.3 Å². The van der Waals surface area contributed by atoms with E-state index in [1.165, 1.54) is 7.11 Å². The second-order valence-electron chi connectivity index (χ2n) is 5.26. The molecule has 0 radical (unpaired) electrons. The third-order valence-electron chi connectivity index (χ3n) is 3.97. The maximum absolute atomic E-state index is 12.2. The van der Waals surface area contributed by atoms with Crippen LogP contribution in [0.25, 0.3) is 0 Å². The van der Waals surface area contributed by atoms with Crippen LogP contribution in [0.15, 0.2) is 23.1 Å². The smallest absolute Gasteiger partial charge is 0.313 e. The standard InChI is InChI=1S/C16H21ClO3S/c1-19-16(18)13(9-11-5-7-20-8-6-11)12-3-4-15(21-2)14(17)10-12/h3-4,10-11,13H,5-9H2,1-2H3. The quantitative estimate of drug-likeness (QED) is 0.601. The van der Waals surface area contributed by atoms with Gasteiger partial charge in [0.1, 0.15) is 0 Å². The Kier molecular flexibility index (Phi) is 6.40. The lowest BCUT2D eigenvalue weighted by Gasteiger charge is -2.26. The SMILES string of the molecule is COC(=O)C(CC1CCOCC1)c1ccc(SC)c(Cl)c1. The predicted octanol–water partition coefficient (Wildman–Crippen LogP) is 4.14. The molecule has 0 aliphatic carbocycles. The minimum atomic E-state index is -0.244. The largest absolute Gasteiger partial charge is 0.469 e. The number of carbonyl (C=O) groups is 1. The molecule has 0 saturated carbocycles. The van der Waals surface area contributed by atoms with Crippen molar-refractivity contribution in [1.29, 1.82) is 0 Å². The summed E-state index contributed by atoms with van der Waals surface area (Å²) in [5.74, 6) is 0.0721. The van der Waals surface area contributed by atoms with Crippen LogP contribution in [0, 0.1) is 5.92 Å². The molecule has 1 aromatic carbocycles. The Bertz CT molecular complexity index is 486. The van der Waals surface area contributed by atoms with Crippen LogP contribution in [0.2, 0.25) is 5.02 Å². The van der Waals surface area contributed by atoms with Gasteiger partial charge < -0.3 is 9.47 Å². The average molecular weight is 329 g/mol. The summed E-state index contributed by atoms with van der Waals surface area (Å²) in [6.45, 7) is 1.56. The third-order valence-corrected chi connectivity index (χ3v) is 5.19. The fraction of sp³-hybridized carbons (Fsp3) is 0.562. The molecule has 116 valence electrons. The lowest BCUT2D eigenvalue weighted by molar-refractivity contribution is -0.143. The molecule has 0 amide bonds. The minimum absolute atomic E-state index is 0.186. The Morgan fingerprint density at radius 2 is 2.19 bits per heavy atom. The van der Waals surface area contributed by atoms with E-state index >= 15 is 0 Å². The first-order valence-electron chi connectivity index (χ1n) is 7.14. The van der Waals surface area contributed by atoms with Crippen LogP contribution >= 0.6 is 23.4 Å². The molecule has 0 spiro atoms. The number of hydrogen-bond acceptors (Lipinski definition) is 4. The van der Waals surface area contributed by atoms with Gasteiger partial charge in [0, 0.05) is 18.1 Å². The molecule has 1 aliphatic heterocycles. The summed E-state index contributed by atoms with van der Waals surface area (Å²) < 4.78 is 10.4. The molecular formula is C16H21ClO3S. The molecule has 0 N–H and O–H groups in total. The first-order valence-corrected chi connectivity index (χ1v) is 8.75. The number of hydrogen-bond donors (Lipinski definition) is 0. The molecule has 1 aliphatic rings. The molecule has 21 heavy (non-hydrogen) atoms. The summed E-state index contributed by atoms with van der Waals surface area (Å²) >= 11 is 7.87. The van der Waals surface area contributed by atoms with E-state index < -0.39 is 0 Å². The molecule has 1 fully saturated rings. The van der Waals surface area contributed by atoms with E-state index in [-0.39, 0.29) is 11.9 Å². The molecule has 1 atom stereocenters. The van der Waals surface area contributed by atoms with Crippen molar-refractivity contribution >= 4 is 29.3 Å². The van der Waals surface area contributed by atoms with Gasteiger partial charge in [-0.15, -0.1) is 11.8 Å². The molecular weight excluding hydrogens is 308 g/mol. The van der Waals surface area contributed by atoms with E-state index in [1.807, 2.05) is 24.5 Å². The van der Waals surface area contributed by atoms with Gasteiger partial charge in [0.25, 0.3) is 0 Å². The molecule has 0 bridgehead atoms. The third kappa shape index (κ3) is 4.38. The highest BCUT2D eigenvalue weighted by molar-refractivity contribution is 7.98. The van der Waals surface area contributed by atoms with Gasteiger partial charge in [-0.3, -0.25) is 4.79 Å². The summed E-state index contributed by atoms with van der Waals surface area (Å²) in [4.78, 5) is 13.2. The Labute approximate surface area is 135 Å². The van der Waals surface area contributed by atoms with E-state index in [4.69, 9.17) is 21.1 Å². The minimum Gasteiger partial charge on any atom is -0.469 e. The topological polar surface area (TPSA) is 35.5 Å². The van der Waals surface area contributed by atoms with Crippen LogP contribution < -0.4 is 0 Å². The molecule has 2 rings (SSSR count). The van der Waals surface area contributed by atoms with Crippen molar-refractivity contribution in [2.75, 3.05) is 26.6 Å². The first kappa shape index (κ1) is 16.7. The number of thioether (sulfide) groups is 1. The molecule has 1 saturated heterocycles. The maximum Gasteiger partial charge on any atom is 0.313 e. The Morgan fingerprint density at radius 3 is 2.76 bits per heavy atom. The number of ether oxygens (including phenoxy) is 2.